The van der Waals surface area contributed by atoms with Crippen molar-refractivity contribution >= 4 is 26.5 Å². The highest BCUT2D eigenvalue weighted by Gasteiger charge is 2.18. The minimum atomic E-state index is -3.75. The Morgan fingerprint density at radius 3 is 2.80 bits per heavy atom. The van der Waals surface area contributed by atoms with Gasteiger partial charge in [0.15, 0.2) is 5.13 Å². The van der Waals surface area contributed by atoms with Gasteiger partial charge < -0.3 is 5.11 Å². The maximum absolute atomic E-state index is 12.3. The van der Waals surface area contributed by atoms with Crippen molar-refractivity contribution in [3.8, 4) is 11.8 Å². The van der Waals surface area contributed by atoms with Crippen LogP contribution in [0.25, 0.3) is 0 Å². The molecule has 0 radical (unpaired) electrons. The number of benzene rings is 1. The first kappa shape index (κ1) is 14.5. The third-order valence-electron chi connectivity index (χ3n) is 2.32. The molecule has 7 heteroatoms. The third-order valence-corrected chi connectivity index (χ3v) is 4.72. The Morgan fingerprint density at radius 2 is 2.15 bits per heavy atom. The second-order valence-electron chi connectivity index (χ2n) is 3.86. The molecule has 2 aromatic rings. The fourth-order valence-electron chi connectivity index (χ4n) is 1.51. The molecule has 1 aromatic heterocycles. The number of thiazole rings is 1. The van der Waals surface area contributed by atoms with Crippen molar-refractivity contribution < 1.29 is 13.5 Å². The van der Waals surface area contributed by atoms with E-state index in [1.807, 2.05) is 0 Å². The molecule has 0 saturated carbocycles. The first-order valence-electron chi connectivity index (χ1n) is 5.66. The Hall–Kier alpha value is -1.88. The van der Waals surface area contributed by atoms with Crippen LogP contribution >= 0.6 is 11.3 Å². The molecule has 2 N–H and O–H groups in total. The van der Waals surface area contributed by atoms with Crippen molar-refractivity contribution in [2.45, 2.75) is 11.8 Å². The lowest BCUT2D eigenvalue weighted by molar-refractivity contribution is 0.350. The number of sulfonamides is 1. The highest BCUT2D eigenvalue weighted by atomic mass is 32.2. The van der Waals surface area contributed by atoms with Crippen molar-refractivity contribution in [1.82, 2.24) is 4.98 Å². The van der Waals surface area contributed by atoms with E-state index in [-0.39, 0.29) is 11.5 Å². The fourth-order valence-corrected chi connectivity index (χ4v) is 3.61. The molecule has 5 nitrogen and oxygen atoms in total. The topological polar surface area (TPSA) is 79.3 Å². The minimum absolute atomic E-state index is 0.0637. The largest absolute Gasteiger partial charge is 0.384 e. The Kier molecular flexibility index (Phi) is 4.39. The predicted molar refractivity (Wildman–Crippen MR) is 78.1 cm³/mol. The lowest BCUT2D eigenvalue weighted by Gasteiger charge is -2.07. The average Bonchev–Trinajstić information content (AvgIpc) is 2.81. The van der Waals surface area contributed by atoms with Crippen LogP contribution in [-0.2, 0) is 10.0 Å². The van der Waals surface area contributed by atoms with Crippen LogP contribution in [0.5, 0.6) is 0 Å². The van der Waals surface area contributed by atoms with Crippen molar-refractivity contribution in [1.29, 1.82) is 0 Å². The van der Waals surface area contributed by atoms with Gasteiger partial charge in [-0.3, -0.25) is 4.72 Å². The van der Waals surface area contributed by atoms with Gasteiger partial charge in [0.05, 0.1) is 5.69 Å². The molecule has 0 unspecified atom stereocenters. The standard InChI is InChI=1S/C13H12N2O3S2/c1-10-9-19-13(14-10)15-20(17,18)12-7-3-2-5-11(12)6-4-8-16/h2-3,5,7,9,16H,8H2,1H3,(H,14,15). The number of nitrogens with zero attached hydrogens (tertiary/aromatic N) is 1. The lowest BCUT2D eigenvalue weighted by atomic mass is 10.2. The van der Waals surface area contributed by atoms with Crippen LogP contribution in [0, 0.1) is 18.8 Å². The monoisotopic (exact) mass is 308 g/mol. The molecule has 0 aliphatic heterocycles. The summed E-state index contributed by atoms with van der Waals surface area (Å²) in [4.78, 5) is 4.13. The van der Waals surface area contributed by atoms with E-state index in [9.17, 15) is 8.42 Å². The lowest BCUT2D eigenvalue weighted by Crippen LogP contribution is -2.14. The van der Waals surface area contributed by atoms with Gasteiger partial charge in [-0.15, -0.1) is 11.3 Å². The summed E-state index contributed by atoms with van der Waals surface area (Å²) in [5.41, 5.74) is 1.09. The zero-order valence-electron chi connectivity index (χ0n) is 10.6. The molecule has 0 amide bonds. The van der Waals surface area contributed by atoms with Gasteiger partial charge in [0.1, 0.15) is 11.5 Å². The molecule has 0 aliphatic rings. The molecule has 20 heavy (non-hydrogen) atoms. The molecule has 0 spiro atoms. The predicted octanol–water partition coefficient (Wildman–Crippen LogP) is 1.60. The van der Waals surface area contributed by atoms with E-state index in [0.29, 0.717) is 10.7 Å². The molecule has 0 bridgehead atoms. The molecule has 0 aliphatic carbocycles. The fraction of sp³-hybridized carbons (Fsp3) is 0.154. The molecule has 0 saturated heterocycles. The van der Waals surface area contributed by atoms with Gasteiger partial charge in [-0.05, 0) is 19.1 Å². The van der Waals surface area contributed by atoms with Crippen LogP contribution in [0.15, 0.2) is 34.5 Å². The number of aryl methyl sites for hydroxylation is 1. The van der Waals surface area contributed by atoms with Gasteiger partial charge in [0, 0.05) is 10.9 Å². The number of aliphatic hydroxyl groups excluding tert-OH is 1. The smallest absolute Gasteiger partial charge is 0.264 e. The van der Waals surface area contributed by atoms with Gasteiger partial charge in [-0.1, -0.05) is 24.0 Å². The van der Waals surface area contributed by atoms with E-state index in [0.717, 1.165) is 5.69 Å². The highest BCUT2D eigenvalue weighted by Crippen LogP contribution is 2.21. The zero-order valence-corrected chi connectivity index (χ0v) is 12.3. The quantitative estimate of drug-likeness (QED) is 0.844. The molecule has 0 atom stereocenters. The van der Waals surface area contributed by atoms with Crippen LogP contribution in [0.1, 0.15) is 11.3 Å². The third kappa shape index (κ3) is 3.36. The summed E-state index contributed by atoms with van der Waals surface area (Å²) in [5, 5.41) is 10.8. The van der Waals surface area contributed by atoms with Crippen LogP contribution in [-0.4, -0.2) is 25.1 Å². The molecule has 0 fully saturated rings. The van der Waals surface area contributed by atoms with Gasteiger partial charge >= 0.3 is 0 Å². The van der Waals surface area contributed by atoms with Crippen molar-refractivity contribution in [3.63, 3.8) is 0 Å². The zero-order chi connectivity index (χ0) is 14.6. The van der Waals surface area contributed by atoms with Crippen molar-refractivity contribution in [2.75, 3.05) is 11.3 Å². The number of aromatic nitrogens is 1. The maximum Gasteiger partial charge on any atom is 0.264 e. The molecule has 104 valence electrons. The second kappa shape index (κ2) is 6.05. The van der Waals surface area contributed by atoms with E-state index in [2.05, 4.69) is 21.5 Å². The first-order chi connectivity index (χ1) is 9.53. The SMILES string of the molecule is Cc1csc(NS(=O)(=O)c2ccccc2C#CCO)n1. The Balaban J connectivity index is 2.39. The highest BCUT2D eigenvalue weighted by molar-refractivity contribution is 7.93. The average molecular weight is 308 g/mol. The Labute approximate surface area is 121 Å². The number of rotatable bonds is 3. The summed E-state index contributed by atoms with van der Waals surface area (Å²) in [6.45, 7) is 1.46. The first-order valence-corrected chi connectivity index (χ1v) is 8.03. The second-order valence-corrected chi connectivity index (χ2v) is 6.36. The van der Waals surface area contributed by atoms with Crippen LogP contribution < -0.4 is 4.72 Å². The summed E-state index contributed by atoms with van der Waals surface area (Å²) >= 11 is 1.22. The Morgan fingerprint density at radius 1 is 1.40 bits per heavy atom. The van der Waals surface area contributed by atoms with Gasteiger partial charge in [-0.25, -0.2) is 13.4 Å². The molecule has 2 rings (SSSR count). The molecular formula is C13H12N2O3S2. The summed E-state index contributed by atoms with van der Waals surface area (Å²) < 4.78 is 27.1. The molecule has 1 aromatic carbocycles. The summed E-state index contributed by atoms with van der Waals surface area (Å²) in [6, 6.07) is 6.36. The number of hydrogen-bond donors (Lipinski definition) is 2. The normalized spacial score (nSPS) is 10.7. The van der Waals surface area contributed by atoms with E-state index in [4.69, 9.17) is 5.11 Å². The minimum Gasteiger partial charge on any atom is -0.384 e. The van der Waals surface area contributed by atoms with Crippen molar-refractivity contribution in [2.24, 2.45) is 0 Å². The van der Waals surface area contributed by atoms with Crippen LogP contribution in [0.4, 0.5) is 5.13 Å². The van der Waals surface area contributed by atoms with E-state index in [1.54, 1.807) is 30.5 Å². The van der Waals surface area contributed by atoms with Gasteiger partial charge in [0.2, 0.25) is 0 Å². The number of hydrogen-bond acceptors (Lipinski definition) is 5. The van der Waals surface area contributed by atoms with Crippen molar-refractivity contribution in [3.05, 3.63) is 40.9 Å². The summed E-state index contributed by atoms with van der Waals surface area (Å²) in [5.74, 6) is 5.07. The number of aliphatic hydroxyl groups is 1. The maximum atomic E-state index is 12.3. The Bertz CT molecular complexity index is 770. The number of nitrogens with one attached hydrogen (secondary N) is 1. The van der Waals surface area contributed by atoms with Crippen LogP contribution in [0.3, 0.4) is 0 Å². The van der Waals surface area contributed by atoms with E-state index < -0.39 is 10.0 Å². The molecule has 1 heterocycles. The molecular weight excluding hydrogens is 296 g/mol. The summed E-state index contributed by atoms with van der Waals surface area (Å²) in [6.07, 6.45) is 0. The van der Waals surface area contributed by atoms with E-state index >= 15 is 0 Å². The summed E-state index contributed by atoms with van der Waals surface area (Å²) in [7, 11) is -3.75. The van der Waals surface area contributed by atoms with E-state index in [1.165, 1.54) is 17.4 Å². The van der Waals surface area contributed by atoms with Gasteiger partial charge in [0.25, 0.3) is 10.0 Å². The van der Waals surface area contributed by atoms with Crippen LogP contribution in [0.2, 0.25) is 0 Å². The number of anilines is 1. The van der Waals surface area contributed by atoms with Gasteiger partial charge in [-0.2, -0.15) is 0 Å².